The third-order valence-corrected chi connectivity index (χ3v) is 7.19. The van der Waals surface area contributed by atoms with Crippen molar-refractivity contribution in [1.82, 2.24) is 54.6 Å². The van der Waals surface area contributed by atoms with Gasteiger partial charge in [0.05, 0.1) is 6.54 Å². The van der Waals surface area contributed by atoms with Crippen LogP contribution in [0.1, 0.15) is 13.8 Å². The van der Waals surface area contributed by atoms with Crippen LogP contribution in [-0.2, 0) is 0 Å². The van der Waals surface area contributed by atoms with Gasteiger partial charge in [-0.1, -0.05) is 5.92 Å². The van der Waals surface area contributed by atoms with E-state index < -0.39 is 5.66 Å². The lowest BCUT2D eigenvalue weighted by Crippen LogP contribution is -2.45. The van der Waals surface area contributed by atoms with Gasteiger partial charge < -0.3 is 38.9 Å². The first-order chi connectivity index (χ1) is 22.5. The van der Waals surface area contributed by atoms with Gasteiger partial charge in [0, 0.05) is 43.7 Å². The highest BCUT2D eigenvalue weighted by Crippen LogP contribution is 2.27. The number of aromatic nitrogens is 10. The number of hydrogen-bond donors (Lipinski definition) is 7. The molecule has 0 saturated heterocycles. The van der Waals surface area contributed by atoms with Crippen molar-refractivity contribution < 1.29 is 0 Å². The van der Waals surface area contributed by atoms with Crippen LogP contribution in [0.4, 0.5) is 23.3 Å². The first-order valence-corrected chi connectivity index (χ1v) is 15.3. The van der Waals surface area contributed by atoms with E-state index in [9.17, 15) is 0 Å². The lowest BCUT2D eigenvalue weighted by Gasteiger charge is -2.24. The van der Waals surface area contributed by atoms with Crippen LogP contribution in [0, 0.1) is 12.3 Å². The van der Waals surface area contributed by atoms with E-state index >= 15 is 0 Å². The summed E-state index contributed by atoms with van der Waals surface area (Å²) >= 11 is 6.63. The molecule has 1 atom stereocenters. The Balaban J connectivity index is 0.000000160. The standard InChI is InChI=1S/C10H9BrN6.C9H11BrN6.C8H12N6/c1-2-4-13-9-7(11)8(12)15-10(16-9)17-6-3-5-14-17;1-2-12-8-6(10)7(11)14-9(15-8)16-5-3-4-13-16;1-8(10)5-6(9)12-7(13-8)14-4-2-3-11-14/h1,3,5-6H,4H2,(H3,12,13,15,16);3-5H,2H2,1H3,(H3,11,12,14,15);2-5H,9-10H2,1H3,(H,12,13). The number of halogens is 2. The first-order valence-electron chi connectivity index (χ1n) is 13.7. The third kappa shape index (κ3) is 9.25. The normalized spacial score (nSPS) is 15.0. The largest absolute Gasteiger partial charge is 0.385 e. The summed E-state index contributed by atoms with van der Waals surface area (Å²) < 4.78 is 5.91. The number of anilines is 4. The molecule has 0 amide bonds. The molecule has 0 aliphatic carbocycles. The van der Waals surface area contributed by atoms with Crippen molar-refractivity contribution in [2.24, 2.45) is 16.5 Å². The fourth-order valence-corrected chi connectivity index (χ4v) is 4.33. The monoisotopic (exact) mass is 766 g/mol. The van der Waals surface area contributed by atoms with Crippen LogP contribution < -0.4 is 38.9 Å². The van der Waals surface area contributed by atoms with Gasteiger partial charge in [-0.25, -0.2) is 19.0 Å². The Morgan fingerprint density at radius 3 is 1.74 bits per heavy atom. The fourth-order valence-electron chi connectivity index (χ4n) is 3.69. The van der Waals surface area contributed by atoms with Gasteiger partial charge in [0.1, 0.15) is 43.7 Å². The molecule has 0 saturated carbocycles. The van der Waals surface area contributed by atoms with E-state index in [0.717, 1.165) is 6.54 Å². The molecule has 0 spiro atoms. The summed E-state index contributed by atoms with van der Waals surface area (Å²) in [5, 5.41) is 21.0. The molecule has 1 aliphatic rings. The van der Waals surface area contributed by atoms with E-state index in [0.29, 0.717) is 62.4 Å². The molecule has 11 N–H and O–H groups in total. The summed E-state index contributed by atoms with van der Waals surface area (Å²) in [4.78, 5) is 21.1. The van der Waals surface area contributed by atoms with E-state index in [1.165, 1.54) is 4.68 Å². The van der Waals surface area contributed by atoms with Crippen LogP contribution in [0.25, 0.3) is 11.9 Å². The number of nitrogens with zero attached hydrogens (tertiary/aromatic N) is 11. The van der Waals surface area contributed by atoms with Gasteiger partial charge in [-0.3, -0.25) is 0 Å². The van der Waals surface area contributed by atoms with Gasteiger partial charge in [0.25, 0.3) is 11.9 Å². The Bertz CT molecular complexity index is 1860. The number of nitrogens with two attached hydrogens (primary N) is 4. The number of terminal acetylenes is 1. The molecule has 5 aromatic heterocycles. The van der Waals surface area contributed by atoms with Crippen LogP contribution in [0.2, 0.25) is 0 Å². The molecule has 20 heteroatoms. The maximum atomic E-state index is 5.84. The number of nitrogens with one attached hydrogen (secondary N) is 3. The molecule has 0 bridgehead atoms. The molecule has 1 unspecified atom stereocenters. The molecule has 1 aliphatic heterocycles. The Hall–Kier alpha value is -5.52. The van der Waals surface area contributed by atoms with E-state index in [-0.39, 0.29) is 0 Å². The van der Waals surface area contributed by atoms with Crippen LogP contribution in [-0.4, -0.2) is 74.0 Å². The van der Waals surface area contributed by atoms with Crippen molar-refractivity contribution in [3.8, 4) is 24.2 Å². The first kappa shape index (κ1) is 34.4. The molecule has 0 aromatic carbocycles. The highest BCUT2D eigenvalue weighted by Gasteiger charge is 2.21. The quantitative estimate of drug-likeness (QED) is 0.121. The predicted octanol–water partition coefficient (Wildman–Crippen LogP) is 1.66. The summed E-state index contributed by atoms with van der Waals surface area (Å²) in [5.41, 5.74) is 22.3. The Morgan fingerprint density at radius 2 is 1.32 bits per heavy atom. The second kappa shape index (κ2) is 15.7. The zero-order chi connectivity index (χ0) is 34.0. The summed E-state index contributed by atoms with van der Waals surface area (Å²) in [5.74, 6) is 6.22. The minimum Gasteiger partial charge on any atom is -0.385 e. The lowest BCUT2D eigenvalue weighted by molar-refractivity contribution is 0.585. The maximum Gasteiger partial charge on any atom is 0.254 e. The predicted molar refractivity (Wildman–Crippen MR) is 187 cm³/mol. The summed E-state index contributed by atoms with van der Waals surface area (Å²) in [6.07, 6.45) is 17.0. The van der Waals surface area contributed by atoms with Crippen molar-refractivity contribution in [3.05, 3.63) is 76.2 Å². The van der Waals surface area contributed by atoms with Crippen molar-refractivity contribution in [3.63, 3.8) is 0 Å². The summed E-state index contributed by atoms with van der Waals surface area (Å²) in [6.45, 7) is 4.86. The number of nitrogen functional groups attached to an aromatic ring is 2. The molecule has 47 heavy (non-hydrogen) atoms. The fraction of sp³-hybridized carbons (Fsp3) is 0.185. The highest BCUT2D eigenvalue weighted by atomic mass is 79.9. The van der Waals surface area contributed by atoms with Gasteiger partial charge in [-0.15, -0.1) is 6.42 Å². The molecule has 0 fully saturated rings. The maximum absolute atomic E-state index is 5.84. The van der Waals surface area contributed by atoms with Gasteiger partial charge in [-0.05, 0) is 70.0 Å². The topological polar surface area (TPSA) is 258 Å². The number of rotatable bonds is 6. The van der Waals surface area contributed by atoms with E-state index in [4.69, 9.17) is 29.4 Å². The van der Waals surface area contributed by atoms with Gasteiger partial charge in [0.2, 0.25) is 5.96 Å². The van der Waals surface area contributed by atoms with Crippen LogP contribution in [0.15, 0.2) is 81.2 Å². The summed E-state index contributed by atoms with van der Waals surface area (Å²) in [6, 6.07) is 5.37. The minimum atomic E-state index is -0.781. The van der Waals surface area contributed by atoms with E-state index in [1.807, 2.05) is 6.92 Å². The van der Waals surface area contributed by atoms with Gasteiger partial charge in [0.15, 0.2) is 0 Å². The smallest absolute Gasteiger partial charge is 0.254 e. The van der Waals surface area contributed by atoms with Crippen LogP contribution in [0.5, 0.6) is 0 Å². The molecule has 18 nitrogen and oxygen atoms in total. The molecule has 6 rings (SSSR count). The highest BCUT2D eigenvalue weighted by molar-refractivity contribution is 9.11. The molecular weight excluding hydrogens is 736 g/mol. The molecule has 5 aromatic rings. The number of hydrogen-bond acceptors (Lipinski definition) is 15. The lowest BCUT2D eigenvalue weighted by atomic mass is 10.2. The Kier molecular flexibility index (Phi) is 11.4. The average molecular weight is 768 g/mol. The second-order valence-electron chi connectivity index (χ2n) is 9.47. The Morgan fingerprint density at radius 1 is 0.830 bits per heavy atom. The molecular formula is C27H32Br2N18. The van der Waals surface area contributed by atoms with E-state index in [1.54, 1.807) is 77.7 Å². The van der Waals surface area contributed by atoms with Crippen LogP contribution in [0.3, 0.4) is 0 Å². The average Bonchev–Trinajstić information content (AvgIpc) is 3.84. The van der Waals surface area contributed by atoms with Crippen LogP contribution >= 0.6 is 31.9 Å². The molecule has 244 valence electrons. The van der Waals surface area contributed by atoms with Gasteiger partial charge >= 0.3 is 0 Å². The second-order valence-corrected chi connectivity index (χ2v) is 11.1. The third-order valence-electron chi connectivity index (χ3n) is 5.62. The summed E-state index contributed by atoms with van der Waals surface area (Å²) in [7, 11) is 0. The zero-order valence-electron chi connectivity index (χ0n) is 25.2. The number of aliphatic imine (C=N–C) groups is 1. The van der Waals surface area contributed by atoms with E-state index in [2.05, 4.69) is 94.0 Å². The Labute approximate surface area is 286 Å². The van der Waals surface area contributed by atoms with Crippen molar-refractivity contribution >= 4 is 61.1 Å². The molecule has 6 heterocycles. The van der Waals surface area contributed by atoms with Gasteiger partial charge in [-0.2, -0.15) is 35.2 Å². The SMILES string of the molecule is C#CCNc1nc(-n2cccn2)nc(N)c1Br.CC1(N)C=C(N)NC(n2cccn2)=N1.CCNc1nc(-n2cccn2)nc(N)c1Br. The van der Waals surface area contributed by atoms with Crippen molar-refractivity contribution in [2.45, 2.75) is 19.5 Å². The minimum absolute atomic E-state index is 0.324. The molecule has 0 radical (unpaired) electrons. The zero-order valence-corrected chi connectivity index (χ0v) is 28.4. The van der Waals surface area contributed by atoms with Crippen molar-refractivity contribution in [1.29, 1.82) is 0 Å². The van der Waals surface area contributed by atoms with Crippen molar-refractivity contribution in [2.75, 3.05) is 35.2 Å².